The highest BCUT2D eigenvalue weighted by molar-refractivity contribution is 6.34. The van der Waals surface area contributed by atoms with Crippen LogP contribution in [0.1, 0.15) is 10.4 Å². The molecule has 0 aliphatic carbocycles. The molecule has 0 fully saturated rings. The van der Waals surface area contributed by atoms with Crippen LogP contribution in [0.5, 0.6) is 0 Å². The Labute approximate surface area is 164 Å². The molecule has 0 unspecified atom stereocenters. The van der Waals surface area contributed by atoms with Gasteiger partial charge in [0, 0.05) is 40.3 Å². The number of benzene rings is 2. The number of carbonyl (C=O) groups excluding carboxylic acids is 1. The van der Waals surface area contributed by atoms with Crippen LogP contribution in [0, 0.1) is 10.1 Å². The minimum absolute atomic E-state index is 0.0115. The highest BCUT2D eigenvalue weighted by Gasteiger charge is 2.19. The van der Waals surface area contributed by atoms with Crippen LogP contribution in [0.25, 0.3) is 11.0 Å². The quantitative estimate of drug-likeness (QED) is 0.533. The molecule has 0 radical (unpaired) electrons. The van der Waals surface area contributed by atoms with E-state index >= 15 is 0 Å². The average Bonchev–Trinajstić information content (AvgIpc) is 2.85. The second-order valence-corrected chi connectivity index (χ2v) is 6.94. The van der Waals surface area contributed by atoms with Crippen LogP contribution < -0.4 is 15.9 Å². The summed E-state index contributed by atoms with van der Waals surface area (Å²) in [5, 5.41) is 13.8. The van der Waals surface area contributed by atoms with E-state index in [1.807, 2.05) is 0 Å². The van der Waals surface area contributed by atoms with Crippen molar-refractivity contribution in [3.05, 3.63) is 61.5 Å². The fraction of sp³-hybridized carbons (Fsp3) is 0.222. The zero-order valence-corrected chi connectivity index (χ0v) is 16.4. The molecular weight excluding hydrogens is 386 g/mol. The van der Waals surface area contributed by atoms with Gasteiger partial charge in [-0.05, 0) is 18.2 Å². The van der Waals surface area contributed by atoms with E-state index in [2.05, 4.69) is 5.32 Å². The second-order valence-electron chi connectivity index (χ2n) is 6.53. The molecule has 10 heteroatoms. The molecule has 0 saturated heterocycles. The van der Waals surface area contributed by atoms with Gasteiger partial charge in [-0.15, -0.1) is 0 Å². The van der Waals surface area contributed by atoms with Crippen LogP contribution in [-0.4, -0.2) is 34.1 Å². The third-order valence-corrected chi connectivity index (χ3v) is 4.85. The second kappa shape index (κ2) is 7.01. The Hall–Kier alpha value is -3.33. The number of imidazole rings is 1. The maximum atomic E-state index is 12.8. The van der Waals surface area contributed by atoms with Crippen molar-refractivity contribution in [3.8, 4) is 0 Å². The summed E-state index contributed by atoms with van der Waals surface area (Å²) in [5.74, 6) is -0.586. The molecule has 0 atom stereocenters. The molecule has 28 heavy (non-hydrogen) atoms. The number of hydrogen-bond acceptors (Lipinski definition) is 5. The van der Waals surface area contributed by atoms with Crippen molar-refractivity contribution in [2.45, 2.75) is 0 Å². The van der Waals surface area contributed by atoms with Gasteiger partial charge < -0.3 is 10.2 Å². The summed E-state index contributed by atoms with van der Waals surface area (Å²) in [5.41, 5.74) is 2.03. The SMILES string of the molecule is CN(C)c1cc2c(cc1NC(=O)c1cc([N+](=O)[O-])ccc1Cl)n(C)c(=O)n2C. The van der Waals surface area contributed by atoms with Gasteiger partial charge >= 0.3 is 5.69 Å². The van der Waals surface area contributed by atoms with Gasteiger partial charge in [0.05, 0.1) is 37.9 Å². The van der Waals surface area contributed by atoms with E-state index in [1.165, 1.54) is 21.3 Å². The Kier molecular flexibility index (Phi) is 4.86. The van der Waals surface area contributed by atoms with Crippen LogP contribution in [0.3, 0.4) is 0 Å². The van der Waals surface area contributed by atoms with Gasteiger partial charge in [0.2, 0.25) is 0 Å². The number of nitrogens with one attached hydrogen (secondary N) is 1. The Morgan fingerprint density at radius 3 is 2.32 bits per heavy atom. The molecule has 0 spiro atoms. The largest absolute Gasteiger partial charge is 0.376 e. The van der Waals surface area contributed by atoms with Crippen LogP contribution in [-0.2, 0) is 14.1 Å². The predicted octanol–water partition coefficient (Wildman–Crippen LogP) is 2.76. The van der Waals surface area contributed by atoms with Crippen LogP contribution in [0.4, 0.5) is 17.1 Å². The zero-order valence-electron chi connectivity index (χ0n) is 15.7. The summed E-state index contributed by atoms with van der Waals surface area (Å²) < 4.78 is 3.00. The van der Waals surface area contributed by atoms with Gasteiger partial charge in [-0.1, -0.05) is 11.6 Å². The first-order chi connectivity index (χ1) is 13.1. The number of hydrogen-bond donors (Lipinski definition) is 1. The van der Waals surface area contributed by atoms with Crippen molar-refractivity contribution in [2.75, 3.05) is 24.3 Å². The van der Waals surface area contributed by atoms with Gasteiger partial charge in [-0.25, -0.2) is 4.79 Å². The highest BCUT2D eigenvalue weighted by atomic mass is 35.5. The van der Waals surface area contributed by atoms with Gasteiger partial charge in [0.1, 0.15) is 0 Å². The minimum atomic E-state index is -0.593. The molecule has 0 aliphatic heterocycles. The molecule has 2 aromatic carbocycles. The first-order valence-electron chi connectivity index (χ1n) is 8.24. The number of nitro benzene ring substituents is 1. The number of non-ortho nitro benzene ring substituents is 1. The lowest BCUT2D eigenvalue weighted by molar-refractivity contribution is -0.384. The zero-order chi connectivity index (χ0) is 20.7. The van der Waals surface area contributed by atoms with Crippen molar-refractivity contribution < 1.29 is 9.72 Å². The lowest BCUT2D eigenvalue weighted by Crippen LogP contribution is -2.19. The fourth-order valence-corrected chi connectivity index (χ4v) is 3.20. The third-order valence-electron chi connectivity index (χ3n) is 4.52. The lowest BCUT2D eigenvalue weighted by Gasteiger charge is -2.19. The topological polar surface area (TPSA) is 102 Å². The molecule has 0 saturated carbocycles. The Balaban J connectivity index is 2.11. The van der Waals surface area contributed by atoms with E-state index in [0.29, 0.717) is 22.4 Å². The smallest absolute Gasteiger partial charge is 0.328 e. The first-order valence-corrected chi connectivity index (χ1v) is 8.61. The summed E-state index contributed by atoms with van der Waals surface area (Å²) in [4.78, 5) is 37.2. The number of fused-ring (bicyclic) bond motifs is 1. The number of nitrogens with zero attached hydrogens (tertiary/aromatic N) is 4. The molecule has 3 aromatic rings. The molecule has 9 nitrogen and oxygen atoms in total. The van der Waals surface area contributed by atoms with Crippen molar-refractivity contribution in [1.29, 1.82) is 0 Å². The van der Waals surface area contributed by atoms with Crippen LogP contribution >= 0.6 is 11.6 Å². The Morgan fingerprint density at radius 2 is 1.75 bits per heavy atom. The molecule has 0 bridgehead atoms. The monoisotopic (exact) mass is 403 g/mol. The number of amides is 1. The summed E-state index contributed by atoms with van der Waals surface area (Å²) in [6.45, 7) is 0. The first kappa shape index (κ1) is 19.4. The number of aromatic nitrogens is 2. The minimum Gasteiger partial charge on any atom is -0.376 e. The molecule has 1 aromatic heterocycles. The number of rotatable bonds is 4. The molecule has 1 amide bonds. The van der Waals surface area contributed by atoms with Crippen molar-refractivity contribution in [2.24, 2.45) is 14.1 Å². The Morgan fingerprint density at radius 1 is 1.14 bits per heavy atom. The summed E-state index contributed by atoms with van der Waals surface area (Å²) in [6.07, 6.45) is 0. The highest BCUT2D eigenvalue weighted by Crippen LogP contribution is 2.31. The van der Waals surface area contributed by atoms with E-state index in [4.69, 9.17) is 11.6 Å². The number of nitro groups is 1. The predicted molar refractivity (Wildman–Crippen MR) is 109 cm³/mol. The molecule has 1 N–H and O–H groups in total. The van der Waals surface area contributed by atoms with E-state index < -0.39 is 10.8 Å². The summed E-state index contributed by atoms with van der Waals surface area (Å²) in [7, 11) is 6.92. The molecule has 146 valence electrons. The van der Waals surface area contributed by atoms with Gasteiger partial charge in [0.25, 0.3) is 11.6 Å². The van der Waals surface area contributed by atoms with Crippen molar-refractivity contribution >= 4 is 45.6 Å². The summed E-state index contributed by atoms with van der Waals surface area (Å²) in [6, 6.07) is 7.15. The molecule has 3 rings (SSSR count). The normalized spacial score (nSPS) is 10.9. The number of anilines is 2. The van der Waals surface area contributed by atoms with Crippen LogP contribution in [0.2, 0.25) is 5.02 Å². The Bertz CT molecular complexity index is 1180. The van der Waals surface area contributed by atoms with Crippen LogP contribution in [0.15, 0.2) is 35.1 Å². The molecular formula is C18H18ClN5O4. The van der Waals surface area contributed by atoms with Crippen molar-refractivity contribution in [1.82, 2.24) is 9.13 Å². The average molecular weight is 404 g/mol. The van der Waals surface area contributed by atoms with E-state index in [9.17, 15) is 19.7 Å². The standard InChI is InChI=1S/C18H18ClN5O4/c1-21(2)14-9-16-15(22(3)18(26)23(16)4)8-13(14)20-17(25)11-7-10(24(27)28)5-6-12(11)19/h5-9H,1-4H3,(H,20,25). The lowest BCUT2D eigenvalue weighted by atomic mass is 10.1. The number of carbonyl (C=O) groups is 1. The molecule has 1 heterocycles. The van der Waals surface area contributed by atoms with E-state index in [-0.39, 0.29) is 22.0 Å². The van der Waals surface area contributed by atoms with Gasteiger partial charge in [-0.2, -0.15) is 0 Å². The molecule has 0 aliphatic rings. The number of halogens is 1. The summed E-state index contributed by atoms with van der Waals surface area (Å²) >= 11 is 6.07. The van der Waals surface area contributed by atoms with Gasteiger partial charge in [-0.3, -0.25) is 24.0 Å². The maximum Gasteiger partial charge on any atom is 0.328 e. The third kappa shape index (κ3) is 3.20. The fourth-order valence-electron chi connectivity index (χ4n) is 2.99. The number of aryl methyl sites for hydroxylation is 2. The van der Waals surface area contributed by atoms with Gasteiger partial charge in [0.15, 0.2) is 0 Å². The van der Waals surface area contributed by atoms with Crippen molar-refractivity contribution in [3.63, 3.8) is 0 Å². The van der Waals surface area contributed by atoms with E-state index in [1.54, 1.807) is 45.2 Å². The van der Waals surface area contributed by atoms with E-state index in [0.717, 1.165) is 6.07 Å². The maximum absolute atomic E-state index is 12.8.